The Morgan fingerprint density at radius 1 is 0.938 bits per heavy atom. The molecule has 0 spiro atoms. The van der Waals surface area contributed by atoms with E-state index in [0.717, 1.165) is 16.9 Å². The molecule has 1 N–H and O–H groups in total. The number of hydrogen-bond acceptors (Lipinski definition) is 2. The largest absolute Gasteiger partial charge is 0.497 e. The van der Waals surface area contributed by atoms with Gasteiger partial charge in [0.2, 0.25) is 0 Å². The molecule has 0 unspecified atom stereocenters. The lowest BCUT2D eigenvalue weighted by molar-refractivity contribution is 0.220. The Hall–Kier alpha value is -1.80. The molecule has 2 nitrogen and oxygen atoms in total. The Labute approximate surface area is 95.1 Å². The van der Waals surface area contributed by atoms with E-state index in [1.165, 1.54) is 0 Å². The second kappa shape index (κ2) is 4.81. The maximum atomic E-state index is 10.2. The predicted molar refractivity (Wildman–Crippen MR) is 63.5 cm³/mol. The lowest BCUT2D eigenvalue weighted by atomic mass is 10.0. The van der Waals surface area contributed by atoms with Crippen LogP contribution >= 0.6 is 0 Å². The van der Waals surface area contributed by atoms with Crippen LogP contribution in [0.15, 0.2) is 54.6 Å². The van der Waals surface area contributed by atoms with Crippen molar-refractivity contribution >= 4 is 0 Å². The van der Waals surface area contributed by atoms with Gasteiger partial charge in [-0.2, -0.15) is 0 Å². The third kappa shape index (κ3) is 2.23. The van der Waals surface area contributed by atoms with Crippen LogP contribution in [0.1, 0.15) is 17.2 Å². The number of aliphatic hydroxyl groups is 1. The number of rotatable bonds is 3. The van der Waals surface area contributed by atoms with Gasteiger partial charge in [0.05, 0.1) is 7.11 Å². The second-order valence-electron chi connectivity index (χ2n) is 3.59. The molecule has 0 radical (unpaired) electrons. The molecular formula is C14H14O2. The summed E-state index contributed by atoms with van der Waals surface area (Å²) in [5.41, 5.74) is 1.72. The van der Waals surface area contributed by atoms with Gasteiger partial charge in [-0.1, -0.05) is 42.5 Å². The fourth-order valence-electron chi connectivity index (χ4n) is 1.64. The average molecular weight is 214 g/mol. The fourth-order valence-corrected chi connectivity index (χ4v) is 1.64. The Balaban J connectivity index is 2.30. The van der Waals surface area contributed by atoms with Gasteiger partial charge in [0.15, 0.2) is 0 Å². The topological polar surface area (TPSA) is 29.5 Å². The standard InChI is InChI=1S/C14H14O2/c1-16-13-9-5-8-12(10-13)14(15)11-6-3-2-4-7-11/h2-10,14-15H,1H3/t14-/m1/s1. The van der Waals surface area contributed by atoms with Gasteiger partial charge >= 0.3 is 0 Å². The molecule has 0 amide bonds. The quantitative estimate of drug-likeness (QED) is 0.851. The maximum absolute atomic E-state index is 10.2. The van der Waals surface area contributed by atoms with E-state index in [0.29, 0.717) is 0 Å². The summed E-state index contributed by atoms with van der Waals surface area (Å²) in [4.78, 5) is 0. The summed E-state index contributed by atoms with van der Waals surface area (Å²) in [6.07, 6.45) is -0.601. The minimum absolute atomic E-state index is 0.601. The summed E-state index contributed by atoms with van der Waals surface area (Å²) in [6.45, 7) is 0. The van der Waals surface area contributed by atoms with Crippen molar-refractivity contribution < 1.29 is 9.84 Å². The average Bonchev–Trinajstić information content (AvgIpc) is 2.39. The van der Waals surface area contributed by atoms with Crippen LogP contribution in [0.2, 0.25) is 0 Å². The zero-order valence-corrected chi connectivity index (χ0v) is 9.13. The molecule has 2 heteroatoms. The molecular weight excluding hydrogens is 200 g/mol. The predicted octanol–water partition coefficient (Wildman–Crippen LogP) is 2.78. The van der Waals surface area contributed by atoms with Crippen LogP contribution in [0.5, 0.6) is 5.75 Å². The molecule has 1 atom stereocenters. The van der Waals surface area contributed by atoms with Gasteiger partial charge in [0.25, 0.3) is 0 Å². The fraction of sp³-hybridized carbons (Fsp3) is 0.143. The lowest BCUT2D eigenvalue weighted by Gasteiger charge is -2.12. The number of benzene rings is 2. The van der Waals surface area contributed by atoms with Gasteiger partial charge in [-0.15, -0.1) is 0 Å². The highest BCUT2D eigenvalue weighted by atomic mass is 16.5. The first kappa shape index (κ1) is 10.7. The van der Waals surface area contributed by atoms with Crippen molar-refractivity contribution in [2.75, 3.05) is 7.11 Å². The first-order valence-corrected chi connectivity index (χ1v) is 5.18. The molecule has 0 aliphatic rings. The number of hydrogen-bond donors (Lipinski definition) is 1. The molecule has 2 aromatic carbocycles. The molecule has 16 heavy (non-hydrogen) atoms. The minimum Gasteiger partial charge on any atom is -0.497 e. The van der Waals surface area contributed by atoms with Gasteiger partial charge in [0.1, 0.15) is 11.9 Å². The molecule has 0 heterocycles. The highest BCUT2D eigenvalue weighted by Crippen LogP contribution is 2.24. The third-order valence-electron chi connectivity index (χ3n) is 2.52. The molecule has 0 bridgehead atoms. The molecule has 0 fully saturated rings. The lowest BCUT2D eigenvalue weighted by Crippen LogP contribution is -1.99. The molecule has 82 valence electrons. The Morgan fingerprint density at radius 2 is 1.62 bits per heavy atom. The van der Waals surface area contributed by atoms with E-state index < -0.39 is 6.10 Å². The van der Waals surface area contributed by atoms with Crippen LogP contribution in [0.3, 0.4) is 0 Å². The number of methoxy groups -OCH3 is 1. The smallest absolute Gasteiger partial charge is 0.119 e. The number of aliphatic hydroxyl groups excluding tert-OH is 1. The van der Waals surface area contributed by atoms with E-state index in [1.807, 2.05) is 54.6 Å². The van der Waals surface area contributed by atoms with Gasteiger partial charge < -0.3 is 9.84 Å². The van der Waals surface area contributed by atoms with Crippen molar-refractivity contribution in [2.45, 2.75) is 6.10 Å². The highest BCUT2D eigenvalue weighted by molar-refractivity contribution is 5.35. The number of ether oxygens (including phenoxy) is 1. The monoisotopic (exact) mass is 214 g/mol. The van der Waals surface area contributed by atoms with E-state index >= 15 is 0 Å². The Bertz CT molecular complexity index is 451. The SMILES string of the molecule is COc1cccc([C@H](O)c2ccccc2)c1. The van der Waals surface area contributed by atoms with Gasteiger partial charge in [-0.3, -0.25) is 0 Å². The van der Waals surface area contributed by atoms with Gasteiger partial charge in [0, 0.05) is 0 Å². The Kier molecular flexibility index (Phi) is 3.22. The van der Waals surface area contributed by atoms with Crippen molar-refractivity contribution in [3.63, 3.8) is 0 Å². The van der Waals surface area contributed by atoms with Gasteiger partial charge in [-0.25, -0.2) is 0 Å². The molecule has 2 aromatic rings. The van der Waals surface area contributed by atoms with E-state index in [2.05, 4.69) is 0 Å². The van der Waals surface area contributed by atoms with Gasteiger partial charge in [-0.05, 0) is 23.3 Å². The van der Waals surface area contributed by atoms with E-state index in [9.17, 15) is 5.11 Å². The highest BCUT2D eigenvalue weighted by Gasteiger charge is 2.09. The molecule has 0 saturated carbocycles. The molecule has 0 saturated heterocycles. The zero-order valence-electron chi connectivity index (χ0n) is 9.13. The van der Waals surface area contributed by atoms with Crippen LogP contribution in [-0.4, -0.2) is 12.2 Å². The van der Waals surface area contributed by atoms with Crippen molar-refractivity contribution in [3.8, 4) is 5.75 Å². The second-order valence-corrected chi connectivity index (χ2v) is 3.59. The molecule has 2 rings (SSSR count). The summed E-state index contributed by atoms with van der Waals surface area (Å²) in [6, 6.07) is 17.0. The minimum atomic E-state index is -0.601. The summed E-state index contributed by atoms with van der Waals surface area (Å²) >= 11 is 0. The first-order valence-electron chi connectivity index (χ1n) is 5.18. The van der Waals surface area contributed by atoms with Crippen LogP contribution in [0.4, 0.5) is 0 Å². The Morgan fingerprint density at radius 3 is 2.31 bits per heavy atom. The van der Waals surface area contributed by atoms with E-state index in [4.69, 9.17) is 4.74 Å². The first-order chi connectivity index (χ1) is 7.81. The zero-order chi connectivity index (χ0) is 11.4. The van der Waals surface area contributed by atoms with Crippen LogP contribution in [0, 0.1) is 0 Å². The van der Waals surface area contributed by atoms with E-state index in [1.54, 1.807) is 7.11 Å². The summed E-state index contributed by atoms with van der Waals surface area (Å²) in [7, 11) is 1.62. The van der Waals surface area contributed by atoms with Crippen molar-refractivity contribution in [2.24, 2.45) is 0 Å². The summed E-state index contributed by atoms with van der Waals surface area (Å²) in [5, 5.41) is 10.2. The van der Waals surface area contributed by atoms with Crippen LogP contribution in [-0.2, 0) is 0 Å². The van der Waals surface area contributed by atoms with Crippen LogP contribution < -0.4 is 4.74 Å². The van der Waals surface area contributed by atoms with Crippen LogP contribution in [0.25, 0.3) is 0 Å². The van der Waals surface area contributed by atoms with E-state index in [-0.39, 0.29) is 0 Å². The third-order valence-corrected chi connectivity index (χ3v) is 2.52. The summed E-state index contributed by atoms with van der Waals surface area (Å²) < 4.78 is 5.13. The molecule has 0 aliphatic heterocycles. The van der Waals surface area contributed by atoms with Crippen molar-refractivity contribution in [3.05, 3.63) is 65.7 Å². The van der Waals surface area contributed by atoms with Crippen molar-refractivity contribution in [1.82, 2.24) is 0 Å². The molecule has 0 aliphatic carbocycles. The summed E-state index contributed by atoms with van der Waals surface area (Å²) in [5.74, 6) is 0.757. The normalized spacial score (nSPS) is 12.1. The molecule has 0 aromatic heterocycles. The maximum Gasteiger partial charge on any atom is 0.119 e. The van der Waals surface area contributed by atoms with Crippen molar-refractivity contribution in [1.29, 1.82) is 0 Å².